The molecule has 0 heterocycles. The Morgan fingerprint density at radius 2 is 1.62 bits per heavy atom. The predicted molar refractivity (Wildman–Crippen MR) is 90.4 cm³/mol. The lowest BCUT2D eigenvalue weighted by Gasteiger charge is -2.07. The fraction of sp³-hybridized carbons (Fsp3) is 0.0526. The monoisotopic (exact) mass is 321 g/mol. The van der Waals surface area contributed by atoms with E-state index in [2.05, 4.69) is 5.32 Å². The van der Waals surface area contributed by atoms with Crippen LogP contribution in [0.5, 0.6) is 11.5 Å². The van der Waals surface area contributed by atoms with Crippen LogP contribution in [0, 0.1) is 0 Å². The fourth-order valence-electron chi connectivity index (χ4n) is 2.40. The normalized spacial score (nSPS) is 10.4. The molecule has 2 N–H and O–H groups in total. The van der Waals surface area contributed by atoms with Crippen LogP contribution in [0.15, 0.2) is 60.7 Å². The predicted octanol–water partition coefficient (Wildman–Crippen LogP) is 3.12. The first-order valence-corrected chi connectivity index (χ1v) is 7.30. The van der Waals surface area contributed by atoms with Crippen molar-refractivity contribution < 1.29 is 19.4 Å². The van der Waals surface area contributed by atoms with E-state index in [0.717, 1.165) is 16.5 Å². The smallest absolute Gasteiger partial charge is 0.261 e. The first-order chi connectivity index (χ1) is 11.6. The third kappa shape index (κ3) is 3.05. The van der Waals surface area contributed by atoms with Crippen molar-refractivity contribution in [1.29, 1.82) is 0 Å². The molecule has 0 fully saturated rings. The van der Waals surface area contributed by atoms with Crippen molar-refractivity contribution in [2.24, 2.45) is 0 Å². The number of imide groups is 1. The molecule has 0 atom stereocenters. The number of methoxy groups -OCH3 is 1. The van der Waals surface area contributed by atoms with E-state index in [1.165, 1.54) is 12.1 Å². The van der Waals surface area contributed by atoms with Crippen molar-refractivity contribution in [3.63, 3.8) is 0 Å². The molecular weight excluding hydrogens is 306 g/mol. The van der Waals surface area contributed by atoms with Gasteiger partial charge in [-0.25, -0.2) is 0 Å². The van der Waals surface area contributed by atoms with E-state index in [4.69, 9.17) is 4.74 Å². The molecule has 0 saturated carbocycles. The number of hydrogen-bond donors (Lipinski definition) is 2. The van der Waals surface area contributed by atoms with Crippen LogP contribution in [0.2, 0.25) is 0 Å². The molecule has 0 radical (unpaired) electrons. The van der Waals surface area contributed by atoms with Gasteiger partial charge in [0, 0.05) is 5.56 Å². The Bertz CT molecular complexity index is 934. The lowest BCUT2D eigenvalue weighted by atomic mass is 10.1. The summed E-state index contributed by atoms with van der Waals surface area (Å²) in [5, 5.41) is 13.7. The maximum Gasteiger partial charge on any atom is 0.261 e. The number of phenols is 1. The van der Waals surface area contributed by atoms with E-state index in [0.29, 0.717) is 5.56 Å². The number of amides is 2. The topological polar surface area (TPSA) is 75.6 Å². The van der Waals surface area contributed by atoms with Crippen LogP contribution in [0.25, 0.3) is 10.8 Å². The van der Waals surface area contributed by atoms with Gasteiger partial charge in [0.25, 0.3) is 11.8 Å². The van der Waals surface area contributed by atoms with Crippen molar-refractivity contribution in [3.05, 3.63) is 71.8 Å². The summed E-state index contributed by atoms with van der Waals surface area (Å²) in [5.41, 5.74) is 0.410. The third-order valence-corrected chi connectivity index (χ3v) is 3.69. The fourth-order valence-corrected chi connectivity index (χ4v) is 2.40. The van der Waals surface area contributed by atoms with Gasteiger partial charge in [-0.1, -0.05) is 24.3 Å². The molecule has 3 aromatic rings. The average Bonchev–Trinajstić information content (AvgIpc) is 2.61. The molecule has 0 aliphatic heterocycles. The van der Waals surface area contributed by atoms with Gasteiger partial charge in [-0.3, -0.25) is 14.9 Å². The molecule has 3 rings (SSSR count). The second-order valence-electron chi connectivity index (χ2n) is 5.23. The molecule has 0 aliphatic carbocycles. The first kappa shape index (κ1) is 15.6. The number of carbonyl (C=O) groups is 2. The minimum atomic E-state index is -0.645. The maximum absolute atomic E-state index is 12.3. The lowest BCUT2D eigenvalue weighted by molar-refractivity contribution is 0.0848. The van der Waals surface area contributed by atoms with Crippen LogP contribution < -0.4 is 10.1 Å². The van der Waals surface area contributed by atoms with Crippen LogP contribution in [-0.4, -0.2) is 24.0 Å². The van der Waals surface area contributed by atoms with Crippen molar-refractivity contribution in [3.8, 4) is 11.5 Å². The number of aromatic hydroxyl groups is 1. The summed E-state index contributed by atoms with van der Waals surface area (Å²) in [4.78, 5) is 24.4. The second kappa shape index (κ2) is 6.42. The number of rotatable bonds is 3. The van der Waals surface area contributed by atoms with E-state index in [1.807, 2.05) is 12.1 Å². The van der Waals surface area contributed by atoms with Gasteiger partial charge in [0.1, 0.15) is 11.5 Å². The highest BCUT2D eigenvalue weighted by Crippen LogP contribution is 2.22. The lowest BCUT2D eigenvalue weighted by Crippen LogP contribution is -2.30. The summed E-state index contributed by atoms with van der Waals surface area (Å²) in [7, 11) is 1.59. The van der Waals surface area contributed by atoms with Crippen LogP contribution >= 0.6 is 0 Å². The minimum absolute atomic E-state index is 0.0522. The second-order valence-corrected chi connectivity index (χ2v) is 5.23. The largest absolute Gasteiger partial charge is 0.507 e. The van der Waals surface area contributed by atoms with Gasteiger partial charge in [-0.05, 0) is 47.2 Å². The Morgan fingerprint density at radius 3 is 2.38 bits per heavy atom. The highest BCUT2D eigenvalue weighted by molar-refractivity contribution is 6.12. The molecule has 0 saturated heterocycles. The van der Waals surface area contributed by atoms with Gasteiger partial charge in [0.05, 0.1) is 12.7 Å². The molecule has 24 heavy (non-hydrogen) atoms. The van der Waals surface area contributed by atoms with Gasteiger partial charge in [-0.2, -0.15) is 0 Å². The standard InChI is InChI=1S/C19H15NO4/c1-24-15-9-8-12-10-14(7-6-13(12)11-15)18(22)20-19(23)16-4-2-3-5-17(16)21/h2-11,21H,1H3,(H,20,22,23). The molecule has 5 nitrogen and oxygen atoms in total. The van der Waals surface area contributed by atoms with Crippen molar-refractivity contribution in [2.45, 2.75) is 0 Å². The quantitative estimate of drug-likeness (QED) is 0.727. The Hall–Kier alpha value is -3.34. The number of benzene rings is 3. The zero-order valence-corrected chi connectivity index (χ0v) is 12.9. The summed E-state index contributed by atoms with van der Waals surface area (Å²) in [6.07, 6.45) is 0. The Labute approximate surface area is 138 Å². The van der Waals surface area contributed by atoms with Crippen LogP contribution in [0.4, 0.5) is 0 Å². The molecule has 2 amide bonds. The Kier molecular flexibility index (Phi) is 4.16. The number of hydrogen-bond acceptors (Lipinski definition) is 4. The van der Waals surface area contributed by atoms with E-state index >= 15 is 0 Å². The number of ether oxygens (including phenoxy) is 1. The van der Waals surface area contributed by atoms with Gasteiger partial charge >= 0.3 is 0 Å². The zero-order chi connectivity index (χ0) is 17.1. The Balaban J connectivity index is 1.83. The van der Waals surface area contributed by atoms with Crippen LogP contribution in [0.1, 0.15) is 20.7 Å². The van der Waals surface area contributed by atoms with Crippen LogP contribution in [-0.2, 0) is 0 Å². The zero-order valence-electron chi connectivity index (χ0n) is 12.9. The number of phenolic OH excluding ortho intramolecular Hbond substituents is 1. The Morgan fingerprint density at radius 1 is 0.917 bits per heavy atom. The molecule has 0 unspecified atom stereocenters. The number of carbonyl (C=O) groups excluding carboxylic acids is 2. The highest BCUT2D eigenvalue weighted by atomic mass is 16.5. The molecule has 120 valence electrons. The highest BCUT2D eigenvalue weighted by Gasteiger charge is 2.15. The van der Waals surface area contributed by atoms with E-state index < -0.39 is 11.8 Å². The van der Waals surface area contributed by atoms with Gasteiger partial charge < -0.3 is 9.84 Å². The summed E-state index contributed by atoms with van der Waals surface area (Å²) in [6, 6.07) is 16.7. The number of nitrogens with one attached hydrogen (secondary N) is 1. The summed E-state index contributed by atoms with van der Waals surface area (Å²) >= 11 is 0. The van der Waals surface area contributed by atoms with Crippen LogP contribution in [0.3, 0.4) is 0 Å². The molecule has 0 spiro atoms. The molecule has 3 aromatic carbocycles. The molecule has 0 bridgehead atoms. The number of para-hydroxylation sites is 1. The average molecular weight is 321 g/mol. The third-order valence-electron chi connectivity index (χ3n) is 3.69. The van der Waals surface area contributed by atoms with Gasteiger partial charge in [-0.15, -0.1) is 0 Å². The van der Waals surface area contributed by atoms with Crippen molar-refractivity contribution in [1.82, 2.24) is 5.32 Å². The summed E-state index contributed by atoms with van der Waals surface area (Å²) in [5.74, 6) is -0.614. The van der Waals surface area contributed by atoms with Crippen molar-refractivity contribution in [2.75, 3.05) is 7.11 Å². The molecule has 0 aromatic heterocycles. The van der Waals surface area contributed by atoms with Gasteiger partial charge in [0.2, 0.25) is 0 Å². The van der Waals surface area contributed by atoms with E-state index in [-0.39, 0.29) is 11.3 Å². The molecular formula is C19H15NO4. The van der Waals surface area contributed by atoms with E-state index in [1.54, 1.807) is 43.5 Å². The molecule has 0 aliphatic rings. The SMILES string of the molecule is COc1ccc2cc(C(=O)NC(=O)c3ccccc3O)ccc2c1. The summed E-state index contributed by atoms with van der Waals surface area (Å²) in [6.45, 7) is 0. The summed E-state index contributed by atoms with van der Waals surface area (Å²) < 4.78 is 5.17. The maximum atomic E-state index is 12.3. The molecule has 5 heteroatoms. The van der Waals surface area contributed by atoms with Gasteiger partial charge in [0.15, 0.2) is 0 Å². The minimum Gasteiger partial charge on any atom is -0.507 e. The van der Waals surface area contributed by atoms with Crippen molar-refractivity contribution >= 4 is 22.6 Å². The number of fused-ring (bicyclic) bond motifs is 1. The first-order valence-electron chi connectivity index (χ1n) is 7.30. The van der Waals surface area contributed by atoms with E-state index in [9.17, 15) is 14.7 Å².